The zero-order valence-corrected chi connectivity index (χ0v) is 16.4. The maximum atomic E-state index is 12.7. The van der Waals surface area contributed by atoms with Gasteiger partial charge in [-0.25, -0.2) is 4.79 Å². The Morgan fingerprint density at radius 2 is 2.03 bits per heavy atom. The molecule has 6 N–H and O–H groups in total. The second kappa shape index (κ2) is 9.40. The van der Waals surface area contributed by atoms with Crippen LogP contribution in [0.25, 0.3) is 10.9 Å². The number of nitrogens with one attached hydrogen (secondary N) is 3. The molecule has 10 heteroatoms. The minimum atomic E-state index is -1.06. The molecule has 10 nitrogen and oxygen atoms in total. The Balaban J connectivity index is 1.67. The number of rotatable bonds is 8. The molecular formula is C20H25N5O5. The highest BCUT2D eigenvalue weighted by Gasteiger charge is 2.34. The minimum absolute atomic E-state index is 0.206. The number of H-pyrrole nitrogens is 1. The Morgan fingerprint density at radius 3 is 2.77 bits per heavy atom. The topological polar surface area (TPSA) is 158 Å². The Kier molecular flexibility index (Phi) is 6.68. The van der Waals surface area contributed by atoms with Gasteiger partial charge in [0.05, 0.1) is 13.1 Å². The average molecular weight is 415 g/mol. The zero-order chi connectivity index (χ0) is 21.7. The van der Waals surface area contributed by atoms with E-state index in [1.54, 1.807) is 6.20 Å². The molecule has 2 aromatic rings. The van der Waals surface area contributed by atoms with Crippen LogP contribution in [0.5, 0.6) is 0 Å². The summed E-state index contributed by atoms with van der Waals surface area (Å²) in [6, 6.07) is 5.78. The van der Waals surface area contributed by atoms with Crippen LogP contribution < -0.4 is 16.4 Å². The van der Waals surface area contributed by atoms with Gasteiger partial charge in [-0.15, -0.1) is 0 Å². The van der Waals surface area contributed by atoms with Crippen molar-refractivity contribution in [3.8, 4) is 0 Å². The summed E-state index contributed by atoms with van der Waals surface area (Å²) >= 11 is 0. The van der Waals surface area contributed by atoms with E-state index in [0.717, 1.165) is 16.5 Å². The molecule has 3 amide bonds. The van der Waals surface area contributed by atoms with Crippen LogP contribution in [0.1, 0.15) is 18.4 Å². The molecule has 1 fully saturated rings. The van der Waals surface area contributed by atoms with Crippen LogP contribution >= 0.6 is 0 Å². The number of carbonyl (C=O) groups is 4. The van der Waals surface area contributed by atoms with Gasteiger partial charge in [0.15, 0.2) is 0 Å². The first-order valence-corrected chi connectivity index (χ1v) is 9.75. The van der Waals surface area contributed by atoms with Crippen molar-refractivity contribution in [1.82, 2.24) is 20.5 Å². The summed E-state index contributed by atoms with van der Waals surface area (Å²) in [5.41, 5.74) is 7.10. The lowest BCUT2D eigenvalue weighted by Gasteiger charge is -2.23. The number of likely N-dealkylation sites (tertiary alicyclic amines) is 1. The van der Waals surface area contributed by atoms with E-state index >= 15 is 0 Å². The number of hydrogen-bond donors (Lipinski definition) is 5. The molecule has 3 rings (SSSR count). The number of aromatic nitrogens is 1. The molecule has 2 heterocycles. The highest BCUT2D eigenvalue weighted by atomic mass is 16.4. The van der Waals surface area contributed by atoms with E-state index in [1.807, 2.05) is 24.3 Å². The zero-order valence-electron chi connectivity index (χ0n) is 16.4. The molecule has 1 aromatic heterocycles. The van der Waals surface area contributed by atoms with E-state index in [1.165, 1.54) is 4.90 Å². The lowest BCUT2D eigenvalue weighted by Crippen LogP contribution is -2.52. The number of nitrogens with zero attached hydrogens (tertiary/aromatic N) is 1. The Labute approximate surface area is 172 Å². The molecule has 1 saturated heterocycles. The first-order valence-electron chi connectivity index (χ1n) is 9.75. The average Bonchev–Trinajstić information content (AvgIpc) is 3.39. The number of aliphatic carboxylic acids is 1. The largest absolute Gasteiger partial charge is 0.480 e. The number of benzene rings is 1. The van der Waals surface area contributed by atoms with Gasteiger partial charge in [0.2, 0.25) is 17.7 Å². The van der Waals surface area contributed by atoms with Crippen LogP contribution in [0.3, 0.4) is 0 Å². The summed E-state index contributed by atoms with van der Waals surface area (Å²) in [4.78, 5) is 52.6. The standard InChI is InChI=1S/C20H25N5O5/c21-9-17(26)24-15(8-12-10-22-14-5-2-1-4-13(12)14)19(28)23-11-18(27)25-7-3-6-16(25)20(29)30/h1-2,4-5,10,15-16,22H,3,6-9,11,21H2,(H,23,28)(H,24,26)(H,29,30). The van der Waals surface area contributed by atoms with E-state index in [0.29, 0.717) is 19.4 Å². The molecule has 0 aliphatic carbocycles. The van der Waals surface area contributed by atoms with Crippen molar-refractivity contribution in [2.24, 2.45) is 5.73 Å². The van der Waals surface area contributed by atoms with Gasteiger partial charge in [-0.05, 0) is 24.5 Å². The van der Waals surface area contributed by atoms with E-state index in [2.05, 4.69) is 15.6 Å². The normalized spacial score (nSPS) is 17.0. The van der Waals surface area contributed by atoms with Gasteiger partial charge in [0.1, 0.15) is 12.1 Å². The molecule has 0 radical (unpaired) electrons. The minimum Gasteiger partial charge on any atom is -0.480 e. The number of carboxylic acid groups (broad SMARTS) is 1. The SMILES string of the molecule is NCC(=O)NC(Cc1c[nH]c2ccccc12)C(=O)NCC(=O)N1CCCC1C(=O)O. The quantitative estimate of drug-likeness (QED) is 0.385. The first-order chi connectivity index (χ1) is 14.4. The van der Waals surface area contributed by atoms with Gasteiger partial charge in [0.25, 0.3) is 0 Å². The second-order valence-electron chi connectivity index (χ2n) is 7.19. The molecule has 2 atom stereocenters. The summed E-state index contributed by atoms with van der Waals surface area (Å²) in [7, 11) is 0. The van der Waals surface area contributed by atoms with Crippen LogP contribution in [-0.2, 0) is 25.6 Å². The summed E-state index contributed by atoms with van der Waals surface area (Å²) in [5.74, 6) is -2.56. The van der Waals surface area contributed by atoms with Crippen LogP contribution in [0.15, 0.2) is 30.5 Å². The molecule has 1 aliphatic heterocycles. The number of fused-ring (bicyclic) bond motifs is 1. The van der Waals surface area contributed by atoms with Gasteiger partial charge >= 0.3 is 5.97 Å². The van der Waals surface area contributed by atoms with Crippen molar-refractivity contribution >= 4 is 34.6 Å². The maximum absolute atomic E-state index is 12.7. The van der Waals surface area contributed by atoms with Crippen molar-refractivity contribution in [2.75, 3.05) is 19.6 Å². The summed E-state index contributed by atoms with van der Waals surface area (Å²) in [5, 5.41) is 15.2. The van der Waals surface area contributed by atoms with Crippen molar-refractivity contribution in [2.45, 2.75) is 31.3 Å². The lowest BCUT2D eigenvalue weighted by molar-refractivity contribution is -0.148. The summed E-state index contributed by atoms with van der Waals surface area (Å²) in [6.07, 6.45) is 2.97. The van der Waals surface area contributed by atoms with Crippen molar-refractivity contribution < 1.29 is 24.3 Å². The molecule has 0 bridgehead atoms. The van der Waals surface area contributed by atoms with Crippen molar-refractivity contribution in [3.05, 3.63) is 36.0 Å². The van der Waals surface area contributed by atoms with Crippen LogP contribution in [0.2, 0.25) is 0 Å². The fraction of sp³-hybridized carbons (Fsp3) is 0.400. The van der Waals surface area contributed by atoms with Gasteiger partial charge in [-0.2, -0.15) is 0 Å². The fourth-order valence-electron chi connectivity index (χ4n) is 3.69. The Morgan fingerprint density at radius 1 is 1.27 bits per heavy atom. The first kappa shape index (κ1) is 21.3. The molecule has 0 saturated carbocycles. The Hall–Kier alpha value is -3.40. The predicted octanol–water partition coefficient (Wildman–Crippen LogP) is -0.654. The van der Waals surface area contributed by atoms with Crippen LogP contribution in [0, 0.1) is 0 Å². The van der Waals surface area contributed by atoms with E-state index < -0.39 is 35.8 Å². The molecule has 160 valence electrons. The van der Waals surface area contributed by atoms with E-state index in [4.69, 9.17) is 5.73 Å². The van der Waals surface area contributed by atoms with Gasteiger partial charge in [-0.3, -0.25) is 14.4 Å². The maximum Gasteiger partial charge on any atom is 0.326 e. The lowest BCUT2D eigenvalue weighted by atomic mass is 10.0. The number of aromatic amines is 1. The third-order valence-electron chi connectivity index (χ3n) is 5.21. The third-order valence-corrected chi connectivity index (χ3v) is 5.21. The molecular weight excluding hydrogens is 390 g/mol. The Bertz CT molecular complexity index is 956. The number of carboxylic acids is 1. The molecule has 1 aromatic carbocycles. The highest BCUT2D eigenvalue weighted by Crippen LogP contribution is 2.19. The third kappa shape index (κ3) is 4.77. The van der Waals surface area contributed by atoms with Crippen LogP contribution in [0.4, 0.5) is 0 Å². The van der Waals surface area contributed by atoms with E-state index in [9.17, 15) is 24.3 Å². The summed E-state index contributed by atoms with van der Waals surface area (Å²) in [6.45, 7) is -0.273. The molecule has 0 spiro atoms. The number of nitrogens with two attached hydrogens (primary N) is 1. The summed E-state index contributed by atoms with van der Waals surface area (Å²) < 4.78 is 0. The number of para-hydroxylation sites is 1. The van der Waals surface area contributed by atoms with E-state index in [-0.39, 0.29) is 19.5 Å². The molecule has 2 unspecified atom stereocenters. The second-order valence-corrected chi connectivity index (χ2v) is 7.19. The highest BCUT2D eigenvalue weighted by molar-refractivity contribution is 5.93. The monoisotopic (exact) mass is 415 g/mol. The number of hydrogen-bond acceptors (Lipinski definition) is 5. The molecule has 30 heavy (non-hydrogen) atoms. The van der Waals surface area contributed by atoms with Gasteiger partial charge < -0.3 is 31.4 Å². The number of carbonyl (C=O) groups excluding carboxylic acids is 3. The fourth-order valence-corrected chi connectivity index (χ4v) is 3.69. The van der Waals surface area contributed by atoms with Crippen LogP contribution in [-0.4, -0.2) is 70.4 Å². The van der Waals surface area contributed by atoms with Crippen molar-refractivity contribution in [1.29, 1.82) is 0 Å². The predicted molar refractivity (Wildman–Crippen MR) is 108 cm³/mol. The van der Waals surface area contributed by atoms with Gasteiger partial charge in [0, 0.05) is 30.1 Å². The van der Waals surface area contributed by atoms with Gasteiger partial charge in [-0.1, -0.05) is 18.2 Å². The smallest absolute Gasteiger partial charge is 0.326 e. The number of amides is 3. The molecule has 1 aliphatic rings. The van der Waals surface area contributed by atoms with Crippen molar-refractivity contribution in [3.63, 3.8) is 0 Å².